The standard InChI is InChI=1S/C22H13F9O3S.C22H19F3O3S/c23-20(24,25)19(21(26,27)28,14-4-2-1-3-5-14)15-6-8-16(9-7-15)34-17-10-12-18(13-11-17)35(32,33)22(29,30)31;1-21(2,16-6-4-3-5-7-16)17-8-10-18(11-9-17)28-19-12-14-20(15-13-19)29(26,27)22(23,24)25/h1-13H;3-15H,1-2H3. The first kappa shape index (κ1) is 49.0. The summed E-state index contributed by atoms with van der Waals surface area (Å²) in [5.41, 5.74) is -15.4. The van der Waals surface area contributed by atoms with Crippen LogP contribution in [0.25, 0.3) is 0 Å². The molecule has 6 nitrogen and oxygen atoms in total. The molecule has 0 unspecified atom stereocenters. The normalized spacial score (nSPS) is 13.1. The highest BCUT2D eigenvalue weighted by molar-refractivity contribution is 7.92. The van der Waals surface area contributed by atoms with Crippen molar-refractivity contribution in [2.75, 3.05) is 0 Å². The monoisotopic (exact) mass is 948 g/mol. The predicted molar refractivity (Wildman–Crippen MR) is 210 cm³/mol. The highest BCUT2D eigenvalue weighted by Crippen LogP contribution is 2.56. The molecule has 64 heavy (non-hydrogen) atoms. The van der Waals surface area contributed by atoms with Gasteiger partial charge in [-0.05, 0) is 95.1 Å². The number of hydrogen-bond acceptors (Lipinski definition) is 6. The minimum Gasteiger partial charge on any atom is -0.457 e. The fraction of sp³-hybridized carbons (Fsp3) is 0.182. The smallest absolute Gasteiger partial charge is 0.457 e. The summed E-state index contributed by atoms with van der Waals surface area (Å²) in [6.07, 6.45) is -11.5. The van der Waals surface area contributed by atoms with Crippen molar-refractivity contribution >= 4 is 19.7 Å². The van der Waals surface area contributed by atoms with Crippen molar-refractivity contribution < 1.29 is 79.0 Å². The fourth-order valence-corrected chi connectivity index (χ4v) is 7.84. The first-order valence-corrected chi connectivity index (χ1v) is 21.1. The molecule has 0 aliphatic heterocycles. The first-order valence-electron chi connectivity index (χ1n) is 18.2. The maximum Gasteiger partial charge on any atom is 0.501 e. The summed E-state index contributed by atoms with van der Waals surface area (Å²) in [6, 6.07) is 32.0. The lowest BCUT2D eigenvalue weighted by Crippen LogP contribution is -2.54. The van der Waals surface area contributed by atoms with Gasteiger partial charge < -0.3 is 9.47 Å². The molecule has 0 atom stereocenters. The quantitative estimate of drug-likeness (QED) is 0.127. The zero-order valence-corrected chi connectivity index (χ0v) is 34.4. The molecule has 0 aromatic heterocycles. The number of alkyl halides is 12. The molecule has 0 fully saturated rings. The lowest BCUT2D eigenvalue weighted by atomic mass is 9.73. The van der Waals surface area contributed by atoms with Crippen LogP contribution in [0.2, 0.25) is 0 Å². The Bertz CT molecular complexity index is 2700. The van der Waals surface area contributed by atoms with Gasteiger partial charge in [-0.1, -0.05) is 98.8 Å². The van der Waals surface area contributed by atoms with E-state index in [1.807, 2.05) is 30.3 Å². The molecule has 0 heterocycles. The second-order valence-electron chi connectivity index (χ2n) is 14.2. The number of ether oxygens (including phenoxy) is 2. The maximum absolute atomic E-state index is 14.0. The summed E-state index contributed by atoms with van der Waals surface area (Å²) in [7, 11) is -11.0. The van der Waals surface area contributed by atoms with E-state index in [1.54, 1.807) is 12.1 Å². The Labute approximate surface area is 358 Å². The average molecular weight is 949 g/mol. The van der Waals surface area contributed by atoms with E-state index in [0.717, 1.165) is 59.7 Å². The van der Waals surface area contributed by atoms with E-state index in [-0.39, 0.29) is 22.7 Å². The second-order valence-corrected chi connectivity index (χ2v) is 18.1. The topological polar surface area (TPSA) is 86.7 Å². The van der Waals surface area contributed by atoms with Crippen LogP contribution in [0.3, 0.4) is 0 Å². The second kappa shape index (κ2) is 17.9. The van der Waals surface area contributed by atoms with Crippen LogP contribution in [-0.2, 0) is 30.5 Å². The minimum atomic E-state index is -5.77. The molecular weight excluding hydrogens is 917 g/mol. The van der Waals surface area contributed by atoms with Crippen molar-refractivity contribution in [1.82, 2.24) is 0 Å². The molecule has 6 rings (SSSR count). The maximum atomic E-state index is 14.0. The lowest BCUT2D eigenvalue weighted by Gasteiger charge is -2.38. The predicted octanol–water partition coefficient (Wildman–Crippen LogP) is 13.3. The molecule has 0 N–H and O–H groups in total. The van der Waals surface area contributed by atoms with E-state index in [0.29, 0.717) is 42.1 Å². The number of benzene rings is 6. The molecule has 6 aromatic rings. The Morgan fingerprint density at radius 2 is 0.594 bits per heavy atom. The van der Waals surface area contributed by atoms with Crippen molar-refractivity contribution in [3.8, 4) is 23.0 Å². The molecule has 340 valence electrons. The van der Waals surface area contributed by atoms with Gasteiger partial charge in [-0.2, -0.15) is 52.7 Å². The Kier molecular flexibility index (Phi) is 13.7. The summed E-state index contributed by atoms with van der Waals surface area (Å²) >= 11 is 0. The minimum absolute atomic E-state index is 0.208. The van der Waals surface area contributed by atoms with Gasteiger partial charge in [0.1, 0.15) is 23.0 Å². The number of hydrogen-bond donors (Lipinski definition) is 0. The van der Waals surface area contributed by atoms with Crippen molar-refractivity contribution in [3.63, 3.8) is 0 Å². The van der Waals surface area contributed by atoms with Gasteiger partial charge in [0.2, 0.25) is 5.41 Å². The van der Waals surface area contributed by atoms with E-state index in [1.165, 1.54) is 18.2 Å². The molecule has 0 saturated carbocycles. The summed E-state index contributed by atoms with van der Waals surface area (Å²) in [4.78, 5) is -1.90. The zero-order chi connectivity index (χ0) is 47.6. The third-order valence-electron chi connectivity index (χ3n) is 9.76. The van der Waals surface area contributed by atoms with Gasteiger partial charge in [-0.25, -0.2) is 16.8 Å². The van der Waals surface area contributed by atoms with Gasteiger partial charge in [-0.3, -0.25) is 0 Å². The van der Waals surface area contributed by atoms with Gasteiger partial charge in [0, 0.05) is 5.41 Å². The average Bonchev–Trinajstić information content (AvgIpc) is 3.21. The number of sulfone groups is 2. The summed E-state index contributed by atoms with van der Waals surface area (Å²) in [5, 5.41) is 0. The largest absolute Gasteiger partial charge is 0.501 e. The summed E-state index contributed by atoms with van der Waals surface area (Å²) in [6.45, 7) is 4.22. The van der Waals surface area contributed by atoms with Crippen LogP contribution in [0.4, 0.5) is 52.7 Å². The van der Waals surface area contributed by atoms with E-state index >= 15 is 0 Å². The van der Waals surface area contributed by atoms with Crippen LogP contribution in [0.5, 0.6) is 23.0 Å². The van der Waals surface area contributed by atoms with Crippen LogP contribution in [0, 0.1) is 0 Å². The molecule has 0 spiro atoms. The molecular formula is C44H32F12O6S2. The summed E-state index contributed by atoms with van der Waals surface area (Å²) in [5.74, 6) is 0.275. The molecule has 6 aromatic carbocycles. The lowest BCUT2D eigenvalue weighted by molar-refractivity contribution is -0.288. The van der Waals surface area contributed by atoms with E-state index < -0.39 is 69.4 Å². The Morgan fingerprint density at radius 3 is 0.891 bits per heavy atom. The van der Waals surface area contributed by atoms with E-state index in [9.17, 15) is 69.5 Å². The molecule has 0 radical (unpaired) electrons. The van der Waals surface area contributed by atoms with Crippen molar-refractivity contribution in [2.24, 2.45) is 0 Å². The Hall–Kier alpha value is -6.02. The zero-order valence-electron chi connectivity index (χ0n) is 32.8. The number of rotatable bonds is 10. The van der Waals surface area contributed by atoms with Crippen LogP contribution in [0.15, 0.2) is 168 Å². The van der Waals surface area contributed by atoms with Gasteiger partial charge >= 0.3 is 23.4 Å². The van der Waals surface area contributed by atoms with Crippen LogP contribution in [0.1, 0.15) is 36.1 Å². The first-order chi connectivity index (χ1) is 29.5. The van der Waals surface area contributed by atoms with Gasteiger partial charge in [0.15, 0.2) is 0 Å². The fourth-order valence-electron chi connectivity index (χ4n) is 6.32. The van der Waals surface area contributed by atoms with Gasteiger partial charge in [-0.15, -0.1) is 0 Å². The van der Waals surface area contributed by atoms with Crippen LogP contribution < -0.4 is 9.47 Å². The van der Waals surface area contributed by atoms with Gasteiger partial charge in [0.25, 0.3) is 19.7 Å². The third kappa shape index (κ3) is 10.0. The van der Waals surface area contributed by atoms with Crippen molar-refractivity contribution in [3.05, 3.63) is 180 Å². The highest BCUT2D eigenvalue weighted by atomic mass is 32.2. The third-order valence-corrected chi connectivity index (χ3v) is 12.8. The molecule has 20 heteroatoms. The molecule has 0 saturated heterocycles. The number of halogens is 12. The molecule has 0 aliphatic carbocycles. The van der Waals surface area contributed by atoms with E-state index in [2.05, 4.69) is 26.0 Å². The molecule has 0 amide bonds. The van der Waals surface area contributed by atoms with E-state index in [4.69, 9.17) is 9.47 Å². The van der Waals surface area contributed by atoms with Crippen molar-refractivity contribution in [2.45, 2.75) is 57.8 Å². The molecule has 0 bridgehead atoms. The summed E-state index contributed by atoms with van der Waals surface area (Å²) < 4.78 is 216. The highest BCUT2D eigenvalue weighted by Gasteiger charge is 2.72. The van der Waals surface area contributed by atoms with Crippen LogP contribution >= 0.6 is 0 Å². The van der Waals surface area contributed by atoms with Crippen molar-refractivity contribution in [1.29, 1.82) is 0 Å². The Balaban J connectivity index is 0.000000245. The SMILES string of the molecule is CC(C)(c1ccccc1)c1ccc(Oc2ccc(S(=O)(=O)C(F)(F)F)cc2)cc1.O=S(=O)(c1ccc(Oc2ccc(C(c3ccccc3)(C(F)(F)F)C(F)(F)F)cc2)cc1)C(F)(F)F. The van der Waals surface area contributed by atoms with Gasteiger partial charge in [0.05, 0.1) is 9.79 Å². The Morgan fingerprint density at radius 1 is 0.344 bits per heavy atom. The van der Waals surface area contributed by atoms with Crippen LogP contribution in [-0.4, -0.2) is 40.2 Å². The molecule has 0 aliphatic rings.